The van der Waals surface area contributed by atoms with E-state index in [4.69, 9.17) is 14.2 Å². The lowest BCUT2D eigenvalue weighted by atomic mass is 9.85. The number of nitrogens with one attached hydrogen (secondary N) is 1. The van der Waals surface area contributed by atoms with Gasteiger partial charge in [0.05, 0.1) is 19.8 Å². The van der Waals surface area contributed by atoms with Crippen molar-refractivity contribution in [3.8, 4) is 22.6 Å². The Morgan fingerprint density at radius 3 is 2.57 bits per heavy atom. The highest BCUT2D eigenvalue weighted by Crippen LogP contribution is 2.49. The highest BCUT2D eigenvalue weighted by molar-refractivity contribution is 5.74. The number of rotatable bonds is 6. The smallest absolute Gasteiger partial charge is 0.407 e. The van der Waals surface area contributed by atoms with E-state index in [0.717, 1.165) is 61.2 Å². The molecule has 2 bridgehead atoms. The Hall–Kier alpha value is -2.80. The molecule has 0 saturated carbocycles. The number of methoxy groups -OCH3 is 1. The molecule has 4 aliphatic rings. The van der Waals surface area contributed by atoms with Crippen LogP contribution in [0.15, 0.2) is 30.3 Å². The number of benzene rings is 2. The van der Waals surface area contributed by atoms with Crippen molar-refractivity contribution < 1.29 is 23.4 Å². The van der Waals surface area contributed by atoms with Crippen molar-refractivity contribution in [1.82, 2.24) is 10.2 Å². The van der Waals surface area contributed by atoms with Gasteiger partial charge in [0, 0.05) is 12.1 Å². The third kappa shape index (κ3) is 4.58. The molecule has 7 heteroatoms. The molecule has 1 unspecified atom stereocenters. The van der Waals surface area contributed by atoms with Gasteiger partial charge in [0.25, 0.3) is 0 Å². The topological polar surface area (TPSA) is 60.0 Å². The third-order valence-electron chi connectivity index (χ3n) is 7.86. The van der Waals surface area contributed by atoms with Crippen molar-refractivity contribution in [3.05, 3.63) is 47.3 Å². The maximum Gasteiger partial charge on any atom is 0.407 e. The molecule has 1 amide bonds. The Balaban J connectivity index is 1.39. The van der Waals surface area contributed by atoms with Gasteiger partial charge in [0.2, 0.25) is 0 Å². The highest BCUT2D eigenvalue weighted by atomic mass is 19.1. The second-order valence-electron chi connectivity index (χ2n) is 10.7. The standard InChI is InChI=1S/C28H35FN2O4/c1-5-34-23-7-6-18(13-22(23)29)20-12-19-15-28(2,3)26(21(19)14-24(20)33-4)30-27(32)35-25-16-31-10-8-17(25)9-11-31/h6-7,12-14,17,25-26H,5,8-11,15-16H2,1-4H3,(H,30,32)/t25-,26?/m1/s1. The van der Waals surface area contributed by atoms with E-state index in [2.05, 4.69) is 30.1 Å². The number of carbonyl (C=O) groups excluding carboxylic acids is 1. The zero-order valence-corrected chi connectivity index (χ0v) is 21.0. The lowest BCUT2D eigenvalue weighted by molar-refractivity contribution is -0.0349. The van der Waals surface area contributed by atoms with Gasteiger partial charge in [-0.25, -0.2) is 9.18 Å². The Morgan fingerprint density at radius 1 is 1.17 bits per heavy atom. The lowest BCUT2D eigenvalue weighted by Gasteiger charge is -2.44. The minimum absolute atomic E-state index is 0.0343. The van der Waals surface area contributed by atoms with Crippen LogP contribution in [0.3, 0.4) is 0 Å². The number of alkyl carbamates (subject to hydrolysis) is 1. The number of carbonyl (C=O) groups is 1. The van der Waals surface area contributed by atoms with Gasteiger partial charge in [-0.1, -0.05) is 19.9 Å². The Labute approximate surface area is 206 Å². The molecule has 35 heavy (non-hydrogen) atoms. The van der Waals surface area contributed by atoms with Crippen LogP contribution in [0.4, 0.5) is 9.18 Å². The van der Waals surface area contributed by atoms with Crippen LogP contribution in [0.2, 0.25) is 0 Å². The molecule has 188 valence electrons. The van der Waals surface area contributed by atoms with Gasteiger partial charge in [-0.2, -0.15) is 0 Å². The SMILES string of the molecule is CCOc1ccc(-c2cc3c(cc2OC)C(NC(=O)O[C@@H]2CN4CCC2CC4)C(C)(C)C3)cc1F. The van der Waals surface area contributed by atoms with Crippen molar-refractivity contribution in [3.63, 3.8) is 0 Å². The zero-order valence-electron chi connectivity index (χ0n) is 21.0. The van der Waals surface area contributed by atoms with E-state index in [-0.39, 0.29) is 29.4 Å². The monoisotopic (exact) mass is 482 g/mol. The summed E-state index contributed by atoms with van der Waals surface area (Å²) in [5, 5.41) is 3.16. The average molecular weight is 483 g/mol. The predicted octanol–water partition coefficient (Wildman–Crippen LogP) is 5.34. The molecule has 2 aromatic carbocycles. The summed E-state index contributed by atoms with van der Waals surface area (Å²) in [6.07, 6.45) is 2.59. The molecule has 2 aromatic rings. The van der Waals surface area contributed by atoms with E-state index >= 15 is 0 Å². The molecular weight excluding hydrogens is 447 g/mol. The normalized spacial score (nSPS) is 26.2. The summed E-state index contributed by atoms with van der Waals surface area (Å²) in [6.45, 7) is 9.58. The number of fused-ring (bicyclic) bond motifs is 4. The van der Waals surface area contributed by atoms with Crippen LogP contribution in [0.25, 0.3) is 11.1 Å². The van der Waals surface area contributed by atoms with Crippen LogP contribution in [0, 0.1) is 17.2 Å². The van der Waals surface area contributed by atoms with Gasteiger partial charge >= 0.3 is 6.09 Å². The van der Waals surface area contributed by atoms with E-state index in [1.54, 1.807) is 13.2 Å². The minimum atomic E-state index is -0.401. The van der Waals surface area contributed by atoms with Crippen LogP contribution in [0.1, 0.15) is 50.8 Å². The molecule has 1 aliphatic carbocycles. The highest BCUT2D eigenvalue weighted by Gasteiger charge is 2.42. The van der Waals surface area contributed by atoms with Crippen LogP contribution < -0.4 is 14.8 Å². The summed E-state index contributed by atoms with van der Waals surface area (Å²) in [5.74, 6) is 0.944. The van der Waals surface area contributed by atoms with Gasteiger partial charge in [-0.15, -0.1) is 0 Å². The number of piperidine rings is 3. The van der Waals surface area contributed by atoms with Crippen LogP contribution >= 0.6 is 0 Å². The summed E-state index contributed by atoms with van der Waals surface area (Å²) >= 11 is 0. The molecule has 0 spiro atoms. The van der Waals surface area contributed by atoms with Gasteiger partial charge in [0.15, 0.2) is 11.6 Å². The van der Waals surface area contributed by atoms with Gasteiger partial charge in [0.1, 0.15) is 11.9 Å². The number of ether oxygens (including phenoxy) is 3. The maximum absolute atomic E-state index is 14.6. The molecule has 3 fully saturated rings. The number of amides is 1. The third-order valence-corrected chi connectivity index (χ3v) is 7.86. The second-order valence-corrected chi connectivity index (χ2v) is 10.7. The summed E-state index contributed by atoms with van der Waals surface area (Å²) < 4.78 is 31.6. The first-order valence-electron chi connectivity index (χ1n) is 12.6. The van der Waals surface area contributed by atoms with E-state index in [1.807, 2.05) is 19.1 Å². The van der Waals surface area contributed by atoms with Gasteiger partial charge < -0.3 is 19.5 Å². The van der Waals surface area contributed by atoms with Crippen LogP contribution in [-0.4, -0.2) is 50.4 Å². The largest absolute Gasteiger partial charge is 0.496 e. The minimum Gasteiger partial charge on any atom is -0.496 e. The zero-order chi connectivity index (χ0) is 24.7. The second kappa shape index (κ2) is 9.34. The molecule has 6 rings (SSSR count). The number of nitrogens with zero attached hydrogens (tertiary/aromatic N) is 1. The van der Waals surface area contributed by atoms with E-state index in [1.165, 1.54) is 6.07 Å². The number of halogens is 1. The van der Waals surface area contributed by atoms with E-state index < -0.39 is 5.82 Å². The average Bonchev–Trinajstić information content (AvgIpc) is 3.08. The molecule has 3 aliphatic heterocycles. The summed E-state index contributed by atoms with van der Waals surface area (Å²) in [4.78, 5) is 15.3. The molecular formula is C28H35FN2O4. The summed E-state index contributed by atoms with van der Waals surface area (Å²) in [5.41, 5.74) is 3.48. The van der Waals surface area contributed by atoms with Crippen molar-refractivity contribution >= 4 is 6.09 Å². The lowest BCUT2D eigenvalue weighted by Crippen LogP contribution is -2.53. The summed E-state index contributed by atoms with van der Waals surface area (Å²) in [6, 6.07) is 8.82. The fraction of sp³-hybridized carbons (Fsp3) is 0.536. The molecule has 1 N–H and O–H groups in total. The van der Waals surface area contributed by atoms with Gasteiger partial charge in [-0.05, 0) is 91.6 Å². The quantitative estimate of drug-likeness (QED) is 0.602. The molecule has 3 heterocycles. The van der Waals surface area contributed by atoms with Crippen LogP contribution in [-0.2, 0) is 11.2 Å². The van der Waals surface area contributed by atoms with E-state index in [0.29, 0.717) is 18.3 Å². The molecule has 6 nitrogen and oxygen atoms in total. The molecule has 0 aromatic heterocycles. The fourth-order valence-corrected chi connectivity index (χ4v) is 6.02. The van der Waals surface area contributed by atoms with Crippen molar-refractivity contribution in [2.24, 2.45) is 11.3 Å². The first kappa shape index (κ1) is 23.9. The van der Waals surface area contributed by atoms with E-state index in [9.17, 15) is 9.18 Å². The van der Waals surface area contributed by atoms with Crippen LogP contribution in [0.5, 0.6) is 11.5 Å². The Morgan fingerprint density at radius 2 is 1.94 bits per heavy atom. The summed E-state index contributed by atoms with van der Waals surface area (Å²) in [7, 11) is 1.61. The number of hydrogen-bond donors (Lipinski definition) is 1. The van der Waals surface area contributed by atoms with Crippen molar-refractivity contribution in [1.29, 1.82) is 0 Å². The van der Waals surface area contributed by atoms with Crippen molar-refractivity contribution in [2.45, 2.75) is 52.2 Å². The fourth-order valence-electron chi connectivity index (χ4n) is 6.02. The molecule has 0 radical (unpaired) electrons. The first-order chi connectivity index (χ1) is 16.8. The van der Waals surface area contributed by atoms with Gasteiger partial charge in [-0.3, -0.25) is 4.90 Å². The molecule has 2 atom stereocenters. The maximum atomic E-state index is 14.6. The Bertz CT molecular complexity index is 1110. The molecule has 3 saturated heterocycles. The first-order valence-corrected chi connectivity index (χ1v) is 12.6. The predicted molar refractivity (Wildman–Crippen MR) is 132 cm³/mol. The number of hydrogen-bond acceptors (Lipinski definition) is 5. The Kier molecular flexibility index (Phi) is 6.38. The van der Waals surface area contributed by atoms with Crippen molar-refractivity contribution in [2.75, 3.05) is 33.4 Å².